The van der Waals surface area contributed by atoms with Gasteiger partial charge in [-0.05, 0) is 54.9 Å². The number of H-pyrrole nitrogens is 1. The fourth-order valence-electron chi connectivity index (χ4n) is 2.51. The topological polar surface area (TPSA) is 75.4 Å². The molecule has 0 bridgehead atoms. The molecule has 0 saturated heterocycles. The van der Waals surface area contributed by atoms with Gasteiger partial charge in [-0.15, -0.1) is 0 Å². The summed E-state index contributed by atoms with van der Waals surface area (Å²) in [5.74, 6) is 1.29. The monoisotopic (exact) mass is 368 g/mol. The average molecular weight is 368 g/mol. The van der Waals surface area contributed by atoms with Gasteiger partial charge in [-0.2, -0.15) is 14.9 Å². The number of benzene rings is 2. The van der Waals surface area contributed by atoms with Gasteiger partial charge in [0.25, 0.3) is 0 Å². The van der Waals surface area contributed by atoms with Crippen molar-refractivity contribution in [2.75, 3.05) is 6.61 Å². The number of aromatic hydroxyl groups is 1. The van der Waals surface area contributed by atoms with E-state index in [4.69, 9.17) is 17.0 Å². The fourth-order valence-corrected chi connectivity index (χ4v) is 2.71. The van der Waals surface area contributed by atoms with Crippen molar-refractivity contribution < 1.29 is 9.84 Å². The highest BCUT2D eigenvalue weighted by molar-refractivity contribution is 7.71. The van der Waals surface area contributed by atoms with Gasteiger partial charge in [0.2, 0.25) is 4.77 Å². The van der Waals surface area contributed by atoms with Gasteiger partial charge in [0, 0.05) is 6.42 Å². The van der Waals surface area contributed by atoms with Gasteiger partial charge in [0.1, 0.15) is 0 Å². The van der Waals surface area contributed by atoms with Gasteiger partial charge in [0.05, 0.1) is 12.8 Å². The highest BCUT2D eigenvalue weighted by atomic mass is 32.1. The van der Waals surface area contributed by atoms with E-state index < -0.39 is 0 Å². The van der Waals surface area contributed by atoms with Crippen molar-refractivity contribution in [3.8, 4) is 11.5 Å². The van der Waals surface area contributed by atoms with Gasteiger partial charge >= 0.3 is 0 Å². The van der Waals surface area contributed by atoms with Crippen LogP contribution in [0.4, 0.5) is 0 Å². The first-order chi connectivity index (χ1) is 12.7. The smallest absolute Gasteiger partial charge is 0.216 e. The predicted octanol–water partition coefficient (Wildman–Crippen LogP) is 3.71. The van der Waals surface area contributed by atoms with E-state index in [9.17, 15) is 5.11 Å². The molecule has 0 spiro atoms. The molecule has 26 heavy (non-hydrogen) atoms. The minimum Gasteiger partial charge on any atom is -0.504 e. The fraction of sp³-hybridized carbons (Fsp3) is 0.211. The van der Waals surface area contributed by atoms with E-state index in [1.807, 2.05) is 25.1 Å². The summed E-state index contributed by atoms with van der Waals surface area (Å²) in [7, 11) is 0. The SMILES string of the molecule is CCOc1cc(/C=N\n2c(CCc3ccccc3)n[nH]c2=S)ccc1O. The number of phenols is 1. The van der Waals surface area contributed by atoms with E-state index in [-0.39, 0.29) is 5.75 Å². The second-order valence-electron chi connectivity index (χ2n) is 5.65. The molecular weight excluding hydrogens is 348 g/mol. The van der Waals surface area contributed by atoms with Gasteiger partial charge in [-0.25, -0.2) is 0 Å². The Labute approximate surface area is 156 Å². The Balaban J connectivity index is 1.77. The Morgan fingerprint density at radius 2 is 2.04 bits per heavy atom. The standard InChI is InChI=1S/C19H20N4O2S/c1-2-25-17-12-15(8-10-16(17)24)13-20-23-18(21-22-19(23)26)11-9-14-6-4-3-5-7-14/h3-8,10,12-13,24H,2,9,11H2,1H3,(H,22,26)/b20-13-. The summed E-state index contributed by atoms with van der Waals surface area (Å²) in [6.07, 6.45) is 3.23. The van der Waals surface area contributed by atoms with Crippen LogP contribution in [0.3, 0.4) is 0 Å². The lowest BCUT2D eigenvalue weighted by Crippen LogP contribution is -2.01. The summed E-state index contributed by atoms with van der Waals surface area (Å²) in [6, 6.07) is 15.3. The van der Waals surface area contributed by atoms with Gasteiger partial charge in [0.15, 0.2) is 17.3 Å². The molecule has 2 aromatic carbocycles. The first kappa shape index (κ1) is 17.9. The second-order valence-corrected chi connectivity index (χ2v) is 6.03. The third-order valence-electron chi connectivity index (χ3n) is 3.80. The first-order valence-corrected chi connectivity index (χ1v) is 8.78. The molecule has 6 nitrogen and oxygen atoms in total. The number of aryl methyl sites for hydroxylation is 2. The van der Waals surface area contributed by atoms with Crippen LogP contribution in [0.25, 0.3) is 0 Å². The summed E-state index contributed by atoms with van der Waals surface area (Å²) in [6.45, 7) is 2.34. The van der Waals surface area contributed by atoms with Crippen LogP contribution < -0.4 is 4.74 Å². The number of nitrogens with zero attached hydrogens (tertiary/aromatic N) is 3. The van der Waals surface area contributed by atoms with Crippen LogP contribution in [0.15, 0.2) is 53.6 Å². The second kappa shape index (κ2) is 8.44. The number of hydrogen-bond acceptors (Lipinski definition) is 5. The zero-order valence-electron chi connectivity index (χ0n) is 14.4. The first-order valence-electron chi connectivity index (χ1n) is 8.37. The molecule has 3 rings (SSSR count). The molecule has 0 fully saturated rings. The number of nitrogens with one attached hydrogen (secondary N) is 1. The molecule has 134 valence electrons. The number of aromatic nitrogens is 3. The molecule has 0 saturated carbocycles. The summed E-state index contributed by atoms with van der Waals surface area (Å²) >= 11 is 5.27. The molecule has 0 amide bonds. The van der Waals surface area contributed by atoms with Crippen LogP contribution in [0.1, 0.15) is 23.9 Å². The zero-order chi connectivity index (χ0) is 18.4. The number of hydrogen-bond donors (Lipinski definition) is 2. The number of aromatic amines is 1. The summed E-state index contributed by atoms with van der Waals surface area (Å²) < 4.78 is 7.45. The normalized spacial score (nSPS) is 11.1. The van der Waals surface area contributed by atoms with E-state index in [0.29, 0.717) is 23.5 Å². The summed E-state index contributed by atoms with van der Waals surface area (Å²) in [5, 5.41) is 21.3. The third kappa shape index (κ3) is 4.37. The van der Waals surface area contributed by atoms with Gasteiger partial charge in [-0.1, -0.05) is 30.3 Å². The molecule has 0 aliphatic heterocycles. The molecule has 0 radical (unpaired) electrons. The molecule has 3 aromatic rings. The maximum Gasteiger partial charge on any atom is 0.216 e. The predicted molar refractivity (Wildman–Crippen MR) is 104 cm³/mol. The van der Waals surface area contributed by atoms with E-state index in [1.165, 1.54) is 5.56 Å². The molecule has 7 heteroatoms. The number of ether oxygens (including phenoxy) is 1. The molecule has 0 atom stereocenters. The molecule has 1 aromatic heterocycles. The third-order valence-corrected chi connectivity index (χ3v) is 4.07. The minimum absolute atomic E-state index is 0.104. The summed E-state index contributed by atoms with van der Waals surface area (Å²) in [4.78, 5) is 0. The molecule has 0 unspecified atom stereocenters. The van der Waals surface area contributed by atoms with Gasteiger partial charge in [-0.3, -0.25) is 5.10 Å². The molecule has 0 aliphatic carbocycles. The Morgan fingerprint density at radius 1 is 1.23 bits per heavy atom. The molecular formula is C19H20N4O2S. The number of phenolic OH excluding ortho intramolecular Hbond substituents is 1. The van der Waals surface area contributed by atoms with Crippen LogP contribution in [-0.4, -0.2) is 32.8 Å². The van der Waals surface area contributed by atoms with Crippen LogP contribution in [0, 0.1) is 4.77 Å². The van der Waals surface area contributed by atoms with E-state index >= 15 is 0 Å². The maximum absolute atomic E-state index is 9.78. The van der Waals surface area contributed by atoms with Crippen LogP contribution in [0.2, 0.25) is 0 Å². The zero-order valence-corrected chi connectivity index (χ0v) is 15.2. The van der Waals surface area contributed by atoms with Crippen molar-refractivity contribution in [2.45, 2.75) is 19.8 Å². The van der Waals surface area contributed by atoms with Crippen molar-refractivity contribution in [3.05, 3.63) is 70.3 Å². The Hall–Kier alpha value is -2.93. The van der Waals surface area contributed by atoms with E-state index in [1.54, 1.807) is 29.1 Å². The maximum atomic E-state index is 9.78. The molecule has 2 N–H and O–H groups in total. The number of rotatable bonds is 7. The van der Waals surface area contributed by atoms with Crippen molar-refractivity contribution in [3.63, 3.8) is 0 Å². The average Bonchev–Trinajstić information content (AvgIpc) is 3.01. The lowest BCUT2D eigenvalue weighted by Gasteiger charge is -2.06. The highest BCUT2D eigenvalue weighted by Gasteiger charge is 2.06. The van der Waals surface area contributed by atoms with E-state index in [2.05, 4.69) is 27.4 Å². The van der Waals surface area contributed by atoms with Crippen LogP contribution in [-0.2, 0) is 12.8 Å². The van der Waals surface area contributed by atoms with Crippen LogP contribution >= 0.6 is 12.2 Å². The molecule has 0 aliphatic rings. The van der Waals surface area contributed by atoms with Gasteiger partial charge < -0.3 is 9.84 Å². The van der Waals surface area contributed by atoms with Crippen molar-refractivity contribution in [2.24, 2.45) is 5.10 Å². The van der Waals surface area contributed by atoms with Crippen molar-refractivity contribution >= 4 is 18.4 Å². The Kier molecular flexibility index (Phi) is 5.80. The quantitative estimate of drug-likeness (QED) is 0.492. The highest BCUT2D eigenvalue weighted by Crippen LogP contribution is 2.26. The lowest BCUT2D eigenvalue weighted by molar-refractivity contribution is 0.318. The van der Waals surface area contributed by atoms with Crippen LogP contribution in [0.5, 0.6) is 11.5 Å². The summed E-state index contributed by atoms with van der Waals surface area (Å²) in [5.41, 5.74) is 2.03. The minimum atomic E-state index is 0.104. The Morgan fingerprint density at radius 3 is 2.81 bits per heavy atom. The Bertz CT molecular complexity index is 948. The largest absolute Gasteiger partial charge is 0.504 e. The van der Waals surface area contributed by atoms with Crippen molar-refractivity contribution in [1.82, 2.24) is 14.9 Å². The lowest BCUT2D eigenvalue weighted by atomic mass is 10.1. The van der Waals surface area contributed by atoms with E-state index in [0.717, 1.165) is 17.8 Å². The van der Waals surface area contributed by atoms with Crippen molar-refractivity contribution in [1.29, 1.82) is 0 Å². The molecule has 1 heterocycles.